The van der Waals surface area contributed by atoms with Crippen molar-refractivity contribution in [1.29, 1.82) is 0 Å². The van der Waals surface area contributed by atoms with Crippen molar-refractivity contribution in [2.45, 2.75) is 6.36 Å². The number of hydrogen-bond donors (Lipinski definition) is 1. The number of carbonyl (C=O) groups is 1. The number of aromatic nitrogens is 1. The number of aromatic amines is 1. The van der Waals surface area contributed by atoms with E-state index in [1.54, 1.807) is 4.98 Å². The Bertz CT molecular complexity index is 521. The van der Waals surface area contributed by atoms with E-state index in [2.05, 4.69) is 4.74 Å². The van der Waals surface area contributed by atoms with Crippen molar-refractivity contribution in [2.24, 2.45) is 0 Å². The number of rotatable bonds is 3. The minimum absolute atomic E-state index is 0.0474. The molecule has 0 fully saturated rings. The van der Waals surface area contributed by atoms with Gasteiger partial charge in [-0.25, -0.2) is 0 Å². The zero-order chi connectivity index (χ0) is 13.2. The molecule has 0 spiro atoms. The number of pyridine rings is 1. The molecule has 7 nitrogen and oxygen atoms in total. The van der Waals surface area contributed by atoms with Gasteiger partial charge in [0.05, 0.1) is 10.6 Å². The summed E-state index contributed by atoms with van der Waals surface area (Å²) in [7, 11) is 0. The molecule has 0 aliphatic rings. The third-order valence-corrected chi connectivity index (χ3v) is 1.53. The smallest absolute Gasteiger partial charge is 0.392 e. The molecule has 1 aromatic rings. The highest BCUT2D eigenvalue weighted by atomic mass is 19.4. The van der Waals surface area contributed by atoms with Gasteiger partial charge in [0.1, 0.15) is 0 Å². The third-order valence-electron chi connectivity index (χ3n) is 1.53. The predicted octanol–water partition coefficient (Wildman–Crippen LogP) is 0.994. The second kappa shape index (κ2) is 4.23. The Morgan fingerprint density at radius 3 is 2.47 bits per heavy atom. The summed E-state index contributed by atoms with van der Waals surface area (Å²) in [6, 6.07) is 0.468. The van der Waals surface area contributed by atoms with Gasteiger partial charge < -0.3 is 9.72 Å². The van der Waals surface area contributed by atoms with Gasteiger partial charge in [-0.2, -0.15) is 0 Å². The van der Waals surface area contributed by atoms with E-state index in [4.69, 9.17) is 0 Å². The van der Waals surface area contributed by atoms with E-state index in [1.165, 1.54) is 0 Å². The lowest BCUT2D eigenvalue weighted by Gasteiger charge is -2.07. The number of nitro groups is 1. The Morgan fingerprint density at radius 2 is 2.06 bits per heavy atom. The Morgan fingerprint density at radius 1 is 1.47 bits per heavy atom. The minimum atomic E-state index is -5.25. The normalized spacial score (nSPS) is 11.0. The maximum absolute atomic E-state index is 11.9. The fourth-order valence-electron chi connectivity index (χ4n) is 0.967. The van der Waals surface area contributed by atoms with Crippen molar-refractivity contribution in [2.75, 3.05) is 0 Å². The summed E-state index contributed by atoms with van der Waals surface area (Å²) in [6.07, 6.45) is -5.20. The molecule has 1 heterocycles. The number of aldehydes is 1. The first-order valence-corrected chi connectivity index (χ1v) is 3.87. The van der Waals surface area contributed by atoms with E-state index in [1.807, 2.05) is 0 Å². The Labute approximate surface area is 90.0 Å². The molecule has 0 unspecified atom stereocenters. The Hall–Kier alpha value is -2.39. The number of H-pyrrole nitrogens is 1. The first-order valence-electron chi connectivity index (χ1n) is 3.87. The van der Waals surface area contributed by atoms with E-state index < -0.39 is 34.0 Å². The number of ether oxygens (including phenoxy) is 1. The highest BCUT2D eigenvalue weighted by molar-refractivity contribution is 5.73. The molecule has 10 heteroatoms. The summed E-state index contributed by atoms with van der Waals surface area (Å²) in [6.45, 7) is 0. The molecule has 1 N–H and O–H groups in total. The standard InChI is InChI=1S/C7H3F3N2O5/c8-7(9,10)17-5-4(12(15)16)1-3(2-13)11-6(5)14/h1-2H,(H,11,14). The van der Waals surface area contributed by atoms with Crippen molar-refractivity contribution in [3.05, 3.63) is 32.2 Å². The van der Waals surface area contributed by atoms with Crippen LogP contribution in [0.5, 0.6) is 5.75 Å². The average Bonchev–Trinajstić information content (AvgIpc) is 2.18. The number of nitrogens with one attached hydrogen (secondary N) is 1. The van der Waals surface area contributed by atoms with Crippen LogP contribution in [-0.4, -0.2) is 22.6 Å². The lowest BCUT2D eigenvalue weighted by Crippen LogP contribution is -2.24. The van der Waals surface area contributed by atoms with Gasteiger partial charge in [0.2, 0.25) is 0 Å². The molecule has 0 amide bonds. The first kappa shape index (κ1) is 12.7. The first-order chi connectivity index (χ1) is 7.74. The van der Waals surface area contributed by atoms with Crippen LogP contribution < -0.4 is 10.3 Å². The molecule has 1 rings (SSSR count). The number of carbonyl (C=O) groups excluding carboxylic acids is 1. The maximum atomic E-state index is 11.9. The molecular formula is C7H3F3N2O5. The summed E-state index contributed by atoms with van der Waals surface area (Å²) in [5.41, 5.74) is -3.29. The average molecular weight is 252 g/mol. The highest BCUT2D eigenvalue weighted by Crippen LogP contribution is 2.28. The summed E-state index contributed by atoms with van der Waals surface area (Å²) < 4.78 is 38.9. The van der Waals surface area contributed by atoms with Crippen LogP contribution in [0.4, 0.5) is 18.9 Å². The Kier molecular flexibility index (Phi) is 3.16. The van der Waals surface area contributed by atoms with Gasteiger partial charge in [-0.15, -0.1) is 13.2 Å². The lowest BCUT2D eigenvalue weighted by atomic mass is 10.3. The van der Waals surface area contributed by atoms with Gasteiger partial charge >= 0.3 is 12.0 Å². The largest absolute Gasteiger partial charge is 0.573 e. The van der Waals surface area contributed by atoms with Gasteiger partial charge in [0.25, 0.3) is 11.3 Å². The molecule has 1 aromatic heterocycles. The molecule has 0 atom stereocenters. The van der Waals surface area contributed by atoms with Gasteiger partial charge in [0, 0.05) is 6.07 Å². The van der Waals surface area contributed by atoms with E-state index in [0.717, 1.165) is 0 Å². The van der Waals surface area contributed by atoms with Crippen molar-refractivity contribution in [1.82, 2.24) is 4.98 Å². The SMILES string of the molecule is O=Cc1cc([N+](=O)[O-])c(OC(F)(F)F)c(=O)[nH]1. The minimum Gasteiger partial charge on any atom is -0.392 e. The quantitative estimate of drug-likeness (QED) is 0.491. The van der Waals surface area contributed by atoms with Gasteiger partial charge in [-0.1, -0.05) is 0 Å². The zero-order valence-corrected chi connectivity index (χ0v) is 7.78. The monoisotopic (exact) mass is 252 g/mol. The molecule has 92 valence electrons. The molecule has 0 aliphatic carbocycles. The van der Waals surface area contributed by atoms with Crippen LogP contribution in [0, 0.1) is 10.1 Å². The summed E-state index contributed by atoms with van der Waals surface area (Å²) >= 11 is 0. The van der Waals surface area contributed by atoms with Crippen LogP contribution in [0.15, 0.2) is 10.9 Å². The van der Waals surface area contributed by atoms with Crippen LogP contribution in [0.25, 0.3) is 0 Å². The van der Waals surface area contributed by atoms with Crippen molar-refractivity contribution in [3.63, 3.8) is 0 Å². The maximum Gasteiger partial charge on any atom is 0.573 e. The van der Waals surface area contributed by atoms with E-state index in [0.29, 0.717) is 6.07 Å². The van der Waals surface area contributed by atoms with Crippen molar-refractivity contribution in [3.8, 4) is 5.75 Å². The lowest BCUT2D eigenvalue weighted by molar-refractivity contribution is -0.388. The van der Waals surface area contributed by atoms with E-state index in [9.17, 15) is 32.9 Å². The fraction of sp³-hybridized carbons (Fsp3) is 0.143. The fourth-order valence-corrected chi connectivity index (χ4v) is 0.967. The second-order valence-electron chi connectivity index (χ2n) is 2.69. The number of halogens is 3. The third kappa shape index (κ3) is 3.03. The molecule has 0 aliphatic heterocycles. The summed E-state index contributed by atoms with van der Waals surface area (Å²) in [5.74, 6) is -1.52. The topological polar surface area (TPSA) is 102 Å². The summed E-state index contributed by atoms with van der Waals surface area (Å²) in [5, 5.41) is 10.4. The molecule has 17 heavy (non-hydrogen) atoms. The molecule has 0 bridgehead atoms. The van der Waals surface area contributed by atoms with Crippen LogP contribution in [0.1, 0.15) is 10.5 Å². The second-order valence-corrected chi connectivity index (χ2v) is 2.69. The van der Waals surface area contributed by atoms with Crippen LogP contribution >= 0.6 is 0 Å². The van der Waals surface area contributed by atoms with E-state index >= 15 is 0 Å². The van der Waals surface area contributed by atoms with Crippen LogP contribution in [-0.2, 0) is 0 Å². The number of alkyl halides is 3. The zero-order valence-electron chi connectivity index (χ0n) is 7.78. The van der Waals surface area contributed by atoms with Crippen LogP contribution in [0.3, 0.4) is 0 Å². The molecule has 0 radical (unpaired) electrons. The van der Waals surface area contributed by atoms with Gasteiger partial charge in [0.15, 0.2) is 6.29 Å². The van der Waals surface area contributed by atoms with Gasteiger partial charge in [-0.3, -0.25) is 19.7 Å². The predicted molar refractivity (Wildman–Crippen MR) is 45.8 cm³/mol. The Balaban J connectivity index is 3.42. The van der Waals surface area contributed by atoms with Crippen molar-refractivity contribution >= 4 is 12.0 Å². The molecule has 0 saturated carbocycles. The van der Waals surface area contributed by atoms with Gasteiger partial charge in [-0.05, 0) is 0 Å². The molecule has 0 aromatic carbocycles. The molecule has 0 saturated heterocycles. The summed E-state index contributed by atoms with van der Waals surface area (Å²) in [4.78, 5) is 32.2. The van der Waals surface area contributed by atoms with Crippen LogP contribution in [0.2, 0.25) is 0 Å². The number of nitrogens with zero attached hydrogens (tertiary/aromatic N) is 1. The molecular weight excluding hydrogens is 249 g/mol. The number of hydrogen-bond acceptors (Lipinski definition) is 5. The highest BCUT2D eigenvalue weighted by Gasteiger charge is 2.36. The van der Waals surface area contributed by atoms with Crippen molar-refractivity contribution < 1.29 is 27.6 Å². The van der Waals surface area contributed by atoms with E-state index in [-0.39, 0.29) is 6.29 Å².